The van der Waals surface area contributed by atoms with Crippen molar-refractivity contribution in [2.24, 2.45) is 7.05 Å². The summed E-state index contributed by atoms with van der Waals surface area (Å²) in [7, 11) is 7.79. The van der Waals surface area contributed by atoms with Crippen LogP contribution in [0.25, 0.3) is 11.4 Å². The Morgan fingerprint density at radius 1 is 1.00 bits per heavy atom. The Hall–Kier alpha value is -2.99. The molecule has 0 aliphatic heterocycles. The third kappa shape index (κ3) is 4.46. The molecule has 6 heteroatoms. The van der Waals surface area contributed by atoms with Crippen molar-refractivity contribution in [3.05, 3.63) is 71.0 Å². The van der Waals surface area contributed by atoms with Gasteiger partial charge in [0.2, 0.25) is 0 Å². The van der Waals surface area contributed by atoms with Crippen LogP contribution in [0.5, 0.6) is 0 Å². The van der Waals surface area contributed by atoms with Gasteiger partial charge in [-0.3, -0.25) is 4.79 Å². The highest BCUT2D eigenvalue weighted by molar-refractivity contribution is 5.95. The maximum Gasteiger partial charge on any atom is 0.253 e. The van der Waals surface area contributed by atoms with Gasteiger partial charge in [0.15, 0.2) is 5.82 Å². The predicted octanol–water partition coefficient (Wildman–Crippen LogP) is 3.12. The van der Waals surface area contributed by atoms with Crippen LogP contribution >= 0.6 is 0 Å². The summed E-state index contributed by atoms with van der Waals surface area (Å²) in [4.78, 5) is 21.4. The maximum absolute atomic E-state index is 13.0. The highest BCUT2D eigenvalue weighted by Gasteiger charge is 2.16. The van der Waals surface area contributed by atoms with Gasteiger partial charge in [0.25, 0.3) is 5.91 Å². The van der Waals surface area contributed by atoms with Crippen molar-refractivity contribution < 1.29 is 4.79 Å². The lowest BCUT2D eigenvalue weighted by molar-refractivity contribution is 0.0784. The number of aryl methyl sites for hydroxylation is 2. The van der Waals surface area contributed by atoms with Crippen molar-refractivity contribution >= 4 is 5.91 Å². The molecule has 1 aromatic heterocycles. The molecular weight excluding hydrogens is 350 g/mol. The third-order valence-corrected chi connectivity index (χ3v) is 4.60. The van der Waals surface area contributed by atoms with E-state index in [1.54, 1.807) is 9.58 Å². The summed E-state index contributed by atoms with van der Waals surface area (Å²) in [6.07, 6.45) is 0. The van der Waals surface area contributed by atoms with Gasteiger partial charge in [-0.2, -0.15) is 5.10 Å². The van der Waals surface area contributed by atoms with Crippen molar-refractivity contribution in [2.45, 2.75) is 20.0 Å². The Morgan fingerprint density at radius 2 is 1.68 bits per heavy atom. The number of carbonyl (C=O) groups is 1. The Balaban J connectivity index is 1.81. The molecule has 3 rings (SSSR count). The molecule has 0 radical (unpaired) electrons. The SMILES string of the molecule is Cc1nc(-c2cccc(C(=O)N(C)Cc3ccccc3CN(C)C)c2)n(C)n1. The van der Waals surface area contributed by atoms with E-state index < -0.39 is 0 Å². The number of rotatable bonds is 6. The average molecular weight is 377 g/mol. The van der Waals surface area contributed by atoms with Gasteiger partial charge in [0.1, 0.15) is 5.82 Å². The lowest BCUT2D eigenvalue weighted by Crippen LogP contribution is -2.27. The van der Waals surface area contributed by atoms with Gasteiger partial charge >= 0.3 is 0 Å². The Labute approximate surface area is 166 Å². The van der Waals surface area contributed by atoms with E-state index in [2.05, 4.69) is 27.1 Å². The van der Waals surface area contributed by atoms with Crippen molar-refractivity contribution in [1.82, 2.24) is 24.6 Å². The van der Waals surface area contributed by atoms with E-state index in [1.807, 2.05) is 71.5 Å². The maximum atomic E-state index is 13.0. The smallest absolute Gasteiger partial charge is 0.253 e. The fraction of sp³-hybridized carbons (Fsp3) is 0.318. The second kappa shape index (κ2) is 8.35. The van der Waals surface area contributed by atoms with E-state index in [1.165, 1.54) is 5.56 Å². The van der Waals surface area contributed by atoms with Gasteiger partial charge < -0.3 is 9.80 Å². The van der Waals surface area contributed by atoms with Crippen LogP contribution in [0.2, 0.25) is 0 Å². The molecule has 0 saturated heterocycles. The standard InChI is InChI=1S/C22H27N5O/c1-16-23-21(27(5)24-16)17-11-8-12-18(13-17)22(28)26(4)15-20-10-7-6-9-19(20)14-25(2)3/h6-13H,14-15H2,1-5H3. The molecule has 1 amide bonds. The van der Waals surface area contributed by atoms with E-state index in [-0.39, 0.29) is 5.91 Å². The minimum atomic E-state index is -0.0135. The molecular formula is C22H27N5O. The molecule has 146 valence electrons. The number of benzene rings is 2. The minimum absolute atomic E-state index is 0.0135. The number of aromatic nitrogens is 3. The molecule has 6 nitrogen and oxygen atoms in total. The van der Waals surface area contributed by atoms with Gasteiger partial charge in [0.05, 0.1) is 0 Å². The Kier molecular flexibility index (Phi) is 5.90. The van der Waals surface area contributed by atoms with E-state index in [0.717, 1.165) is 23.5 Å². The highest BCUT2D eigenvalue weighted by Crippen LogP contribution is 2.20. The topological polar surface area (TPSA) is 54.3 Å². The first-order valence-electron chi connectivity index (χ1n) is 9.30. The molecule has 0 aliphatic rings. The average Bonchev–Trinajstić information content (AvgIpc) is 3.00. The first kappa shape index (κ1) is 19.8. The summed E-state index contributed by atoms with van der Waals surface area (Å²) in [5, 5.41) is 4.29. The highest BCUT2D eigenvalue weighted by atomic mass is 16.2. The number of nitrogens with zero attached hydrogens (tertiary/aromatic N) is 5. The van der Waals surface area contributed by atoms with Gasteiger partial charge in [-0.1, -0.05) is 36.4 Å². The fourth-order valence-corrected chi connectivity index (χ4v) is 3.31. The molecule has 0 unspecified atom stereocenters. The van der Waals surface area contributed by atoms with Crippen molar-refractivity contribution in [1.29, 1.82) is 0 Å². The van der Waals surface area contributed by atoms with Crippen LogP contribution in [0.15, 0.2) is 48.5 Å². The van der Waals surface area contributed by atoms with Crippen molar-refractivity contribution in [3.63, 3.8) is 0 Å². The number of hydrogen-bond acceptors (Lipinski definition) is 4. The molecule has 3 aromatic rings. The summed E-state index contributed by atoms with van der Waals surface area (Å²) >= 11 is 0. The predicted molar refractivity (Wildman–Crippen MR) is 111 cm³/mol. The quantitative estimate of drug-likeness (QED) is 0.662. The summed E-state index contributed by atoms with van der Waals surface area (Å²) in [6.45, 7) is 3.27. The van der Waals surface area contributed by atoms with Crippen molar-refractivity contribution in [2.75, 3.05) is 21.1 Å². The number of amides is 1. The van der Waals surface area contributed by atoms with Crippen LogP contribution < -0.4 is 0 Å². The third-order valence-electron chi connectivity index (χ3n) is 4.60. The second-order valence-electron chi connectivity index (χ2n) is 7.35. The van der Waals surface area contributed by atoms with Gasteiger partial charge in [-0.25, -0.2) is 9.67 Å². The molecule has 2 aromatic carbocycles. The van der Waals surface area contributed by atoms with Crippen LogP contribution in [0.1, 0.15) is 27.3 Å². The van der Waals surface area contributed by atoms with E-state index >= 15 is 0 Å². The largest absolute Gasteiger partial charge is 0.337 e. The summed E-state index contributed by atoms with van der Waals surface area (Å²) in [6, 6.07) is 15.8. The van der Waals surface area contributed by atoms with E-state index in [0.29, 0.717) is 17.9 Å². The lowest BCUT2D eigenvalue weighted by atomic mass is 10.1. The van der Waals surface area contributed by atoms with Crippen molar-refractivity contribution in [3.8, 4) is 11.4 Å². The number of carbonyl (C=O) groups excluding carboxylic acids is 1. The van der Waals surface area contributed by atoms with Crippen LogP contribution in [-0.4, -0.2) is 51.6 Å². The van der Waals surface area contributed by atoms with Crippen LogP contribution in [0.4, 0.5) is 0 Å². The first-order valence-corrected chi connectivity index (χ1v) is 9.30. The van der Waals surface area contributed by atoms with E-state index in [9.17, 15) is 4.79 Å². The zero-order valence-corrected chi connectivity index (χ0v) is 17.2. The Bertz CT molecular complexity index is 977. The molecule has 0 saturated carbocycles. The normalized spacial score (nSPS) is 11.1. The fourth-order valence-electron chi connectivity index (χ4n) is 3.31. The van der Waals surface area contributed by atoms with Crippen LogP contribution in [0.3, 0.4) is 0 Å². The minimum Gasteiger partial charge on any atom is -0.337 e. The first-order chi connectivity index (χ1) is 13.3. The number of hydrogen-bond donors (Lipinski definition) is 0. The zero-order valence-electron chi connectivity index (χ0n) is 17.2. The zero-order chi connectivity index (χ0) is 20.3. The van der Waals surface area contributed by atoms with Gasteiger partial charge in [-0.05, 0) is 44.3 Å². The van der Waals surface area contributed by atoms with E-state index in [4.69, 9.17) is 0 Å². The molecule has 1 heterocycles. The summed E-state index contributed by atoms with van der Waals surface area (Å²) < 4.78 is 1.74. The molecule has 0 N–H and O–H groups in total. The van der Waals surface area contributed by atoms with Gasteiger partial charge in [-0.15, -0.1) is 0 Å². The lowest BCUT2D eigenvalue weighted by Gasteiger charge is -2.21. The molecule has 0 atom stereocenters. The monoisotopic (exact) mass is 377 g/mol. The molecule has 0 spiro atoms. The molecule has 0 bridgehead atoms. The summed E-state index contributed by atoms with van der Waals surface area (Å²) in [5.74, 6) is 1.45. The molecule has 0 aliphatic carbocycles. The molecule has 0 fully saturated rings. The van der Waals surface area contributed by atoms with Gasteiger partial charge in [0, 0.05) is 38.3 Å². The Morgan fingerprint density at radius 3 is 2.29 bits per heavy atom. The molecule has 28 heavy (non-hydrogen) atoms. The second-order valence-corrected chi connectivity index (χ2v) is 7.35. The summed E-state index contributed by atoms with van der Waals surface area (Å²) in [5.41, 5.74) is 3.92. The van der Waals surface area contributed by atoms with Crippen LogP contribution in [-0.2, 0) is 20.1 Å². The van der Waals surface area contributed by atoms with Crippen LogP contribution in [0, 0.1) is 6.92 Å².